The van der Waals surface area contributed by atoms with E-state index in [9.17, 15) is 14.0 Å². The molecule has 1 amide bonds. The Morgan fingerprint density at radius 3 is 2.67 bits per heavy atom. The molecule has 3 rings (SSSR count). The van der Waals surface area contributed by atoms with Gasteiger partial charge in [-0.05, 0) is 38.3 Å². The molecule has 3 atom stereocenters. The highest BCUT2D eigenvalue weighted by Crippen LogP contribution is 2.41. The van der Waals surface area contributed by atoms with Gasteiger partial charge in [-0.15, -0.1) is 0 Å². The van der Waals surface area contributed by atoms with Gasteiger partial charge in [0.25, 0.3) is 0 Å². The number of methoxy groups -OCH3 is 1. The quantitative estimate of drug-likeness (QED) is 0.836. The molecule has 0 aromatic heterocycles. The summed E-state index contributed by atoms with van der Waals surface area (Å²) in [5.41, 5.74) is 0.443. The van der Waals surface area contributed by atoms with Crippen molar-refractivity contribution >= 4 is 11.9 Å². The number of halogens is 1. The maximum atomic E-state index is 14.3. The Labute approximate surface area is 141 Å². The van der Waals surface area contributed by atoms with E-state index in [1.807, 2.05) is 0 Å². The van der Waals surface area contributed by atoms with Crippen molar-refractivity contribution in [1.82, 2.24) is 10.2 Å². The molecule has 0 spiro atoms. The second kappa shape index (κ2) is 6.89. The lowest BCUT2D eigenvalue weighted by atomic mass is 9.92. The average Bonchev–Trinajstić information content (AvgIpc) is 3.35. The second-order valence-corrected chi connectivity index (χ2v) is 6.70. The van der Waals surface area contributed by atoms with Crippen LogP contribution in [0.2, 0.25) is 0 Å². The van der Waals surface area contributed by atoms with E-state index >= 15 is 0 Å². The summed E-state index contributed by atoms with van der Waals surface area (Å²) in [6.07, 6.45) is 2.62. The molecule has 1 aliphatic heterocycles. The van der Waals surface area contributed by atoms with Gasteiger partial charge in [-0.3, -0.25) is 14.5 Å². The number of hydrogen-bond donors (Lipinski definition) is 1. The Morgan fingerprint density at radius 1 is 1.33 bits per heavy atom. The van der Waals surface area contributed by atoms with E-state index in [1.54, 1.807) is 30.1 Å². The number of esters is 1. The van der Waals surface area contributed by atoms with Gasteiger partial charge < -0.3 is 10.1 Å². The molecule has 1 aromatic rings. The molecule has 1 saturated carbocycles. The van der Waals surface area contributed by atoms with Gasteiger partial charge in [0.15, 0.2) is 0 Å². The molecule has 5 nitrogen and oxygen atoms in total. The van der Waals surface area contributed by atoms with E-state index in [0.717, 1.165) is 12.8 Å². The molecule has 1 aromatic carbocycles. The van der Waals surface area contributed by atoms with Crippen LogP contribution in [0.5, 0.6) is 0 Å². The highest BCUT2D eigenvalue weighted by molar-refractivity contribution is 5.83. The van der Waals surface area contributed by atoms with E-state index in [1.165, 1.54) is 13.2 Å². The highest BCUT2D eigenvalue weighted by Gasteiger charge is 2.47. The van der Waals surface area contributed by atoms with Gasteiger partial charge in [0.1, 0.15) is 11.9 Å². The molecule has 1 N–H and O–H groups in total. The fourth-order valence-corrected chi connectivity index (χ4v) is 3.51. The summed E-state index contributed by atoms with van der Waals surface area (Å²) < 4.78 is 19.2. The number of rotatable bonds is 5. The maximum Gasteiger partial charge on any atom is 0.323 e. The first kappa shape index (κ1) is 16.9. The van der Waals surface area contributed by atoms with Crippen molar-refractivity contribution in [1.29, 1.82) is 0 Å². The van der Waals surface area contributed by atoms with Gasteiger partial charge in [-0.25, -0.2) is 4.39 Å². The number of likely N-dealkylation sites (tertiary alicyclic amines) is 1. The Hall–Kier alpha value is -1.95. The molecule has 6 heteroatoms. The van der Waals surface area contributed by atoms with E-state index in [4.69, 9.17) is 4.74 Å². The Balaban J connectivity index is 1.86. The Bertz CT molecular complexity index is 632. The molecule has 1 saturated heterocycles. The van der Waals surface area contributed by atoms with Gasteiger partial charge in [0, 0.05) is 18.2 Å². The van der Waals surface area contributed by atoms with Crippen LogP contribution in [0.3, 0.4) is 0 Å². The van der Waals surface area contributed by atoms with Crippen LogP contribution in [0.1, 0.15) is 30.9 Å². The maximum absolute atomic E-state index is 14.3. The number of benzene rings is 1. The first-order valence-corrected chi connectivity index (χ1v) is 8.34. The predicted molar refractivity (Wildman–Crippen MR) is 86.5 cm³/mol. The lowest BCUT2D eigenvalue weighted by Gasteiger charge is -2.27. The van der Waals surface area contributed by atoms with E-state index in [0.29, 0.717) is 24.4 Å². The average molecular weight is 334 g/mol. The lowest BCUT2D eigenvalue weighted by molar-refractivity contribution is -0.145. The molecule has 0 radical (unpaired) electrons. The number of nitrogens with zero attached hydrogens (tertiary/aromatic N) is 1. The van der Waals surface area contributed by atoms with Gasteiger partial charge >= 0.3 is 5.97 Å². The van der Waals surface area contributed by atoms with Crippen LogP contribution >= 0.6 is 0 Å². The fourth-order valence-electron chi connectivity index (χ4n) is 3.51. The standard InChI is InChI=1S/C18H23FN2O3/c1-21-15(18(23)24-2)9-13(17(22)20-10-11-7-8-11)16(21)12-5-3-4-6-14(12)19/h3-6,11,13,15-16H,7-10H2,1-2H3,(H,20,22)/t13-,15-,16-/m0/s1. The van der Waals surface area contributed by atoms with Gasteiger partial charge in [-0.1, -0.05) is 18.2 Å². The third-order valence-electron chi connectivity index (χ3n) is 5.08. The normalized spacial score (nSPS) is 27.0. The zero-order valence-corrected chi connectivity index (χ0v) is 14.0. The fraction of sp³-hybridized carbons (Fsp3) is 0.556. The molecule has 1 heterocycles. The zero-order chi connectivity index (χ0) is 17.3. The third kappa shape index (κ3) is 3.29. The van der Waals surface area contributed by atoms with Crippen LogP contribution in [-0.2, 0) is 14.3 Å². The summed E-state index contributed by atoms with van der Waals surface area (Å²) in [6, 6.07) is 5.40. The first-order valence-electron chi connectivity index (χ1n) is 8.34. The second-order valence-electron chi connectivity index (χ2n) is 6.70. The van der Waals surface area contributed by atoms with Crippen LogP contribution in [-0.4, -0.2) is 43.5 Å². The number of carbonyl (C=O) groups is 2. The van der Waals surface area contributed by atoms with Crippen molar-refractivity contribution in [2.75, 3.05) is 20.7 Å². The van der Waals surface area contributed by atoms with E-state index in [-0.39, 0.29) is 11.7 Å². The first-order chi connectivity index (χ1) is 11.5. The molecular weight excluding hydrogens is 311 g/mol. The molecular formula is C18H23FN2O3. The topological polar surface area (TPSA) is 58.6 Å². The van der Waals surface area contributed by atoms with Crippen LogP contribution in [0.25, 0.3) is 0 Å². The molecule has 0 unspecified atom stereocenters. The van der Waals surface area contributed by atoms with E-state index in [2.05, 4.69) is 5.32 Å². The summed E-state index contributed by atoms with van der Waals surface area (Å²) in [6.45, 7) is 0.659. The molecule has 130 valence electrons. The van der Waals surface area contributed by atoms with Gasteiger partial charge in [0.05, 0.1) is 13.0 Å². The third-order valence-corrected chi connectivity index (χ3v) is 5.08. The summed E-state index contributed by atoms with van der Waals surface area (Å²) in [5, 5.41) is 2.96. The molecule has 0 bridgehead atoms. The van der Waals surface area contributed by atoms with Crippen molar-refractivity contribution in [3.8, 4) is 0 Å². The van der Waals surface area contributed by atoms with E-state index < -0.39 is 24.0 Å². The molecule has 1 aliphatic carbocycles. The number of ether oxygens (including phenoxy) is 1. The predicted octanol–water partition coefficient (Wildman–Crippen LogP) is 1.89. The minimum Gasteiger partial charge on any atom is -0.468 e. The number of hydrogen-bond acceptors (Lipinski definition) is 4. The number of amides is 1. The van der Waals surface area contributed by atoms with Crippen LogP contribution in [0.4, 0.5) is 4.39 Å². The Morgan fingerprint density at radius 2 is 2.04 bits per heavy atom. The van der Waals surface area contributed by atoms with Crippen molar-refractivity contribution in [3.63, 3.8) is 0 Å². The Kier molecular flexibility index (Phi) is 4.85. The largest absolute Gasteiger partial charge is 0.468 e. The highest BCUT2D eigenvalue weighted by atomic mass is 19.1. The van der Waals surface area contributed by atoms with Gasteiger partial charge in [0.2, 0.25) is 5.91 Å². The van der Waals surface area contributed by atoms with Crippen LogP contribution in [0.15, 0.2) is 24.3 Å². The monoisotopic (exact) mass is 334 g/mol. The van der Waals surface area contributed by atoms with Crippen LogP contribution < -0.4 is 5.32 Å². The van der Waals surface area contributed by atoms with Gasteiger partial charge in [-0.2, -0.15) is 0 Å². The smallest absolute Gasteiger partial charge is 0.323 e. The summed E-state index contributed by atoms with van der Waals surface area (Å²) in [7, 11) is 3.07. The van der Waals surface area contributed by atoms with Crippen molar-refractivity contribution in [2.24, 2.45) is 11.8 Å². The van der Waals surface area contributed by atoms with Crippen molar-refractivity contribution in [3.05, 3.63) is 35.6 Å². The lowest BCUT2D eigenvalue weighted by Crippen LogP contribution is -2.37. The molecule has 2 fully saturated rings. The summed E-state index contributed by atoms with van der Waals surface area (Å²) in [5.74, 6) is -0.782. The zero-order valence-electron chi connectivity index (χ0n) is 14.0. The molecule has 24 heavy (non-hydrogen) atoms. The van der Waals surface area contributed by atoms with Crippen LogP contribution in [0, 0.1) is 17.7 Å². The minimum absolute atomic E-state index is 0.117. The number of carbonyl (C=O) groups excluding carboxylic acids is 2. The molecule has 2 aliphatic rings. The SMILES string of the molecule is COC(=O)[C@@H]1C[C@H](C(=O)NCC2CC2)[C@H](c2ccccc2F)N1C. The number of nitrogens with one attached hydrogen (secondary N) is 1. The van der Waals surface area contributed by atoms with Crippen molar-refractivity contribution < 1.29 is 18.7 Å². The van der Waals surface area contributed by atoms with Crippen molar-refractivity contribution in [2.45, 2.75) is 31.3 Å². The summed E-state index contributed by atoms with van der Waals surface area (Å²) >= 11 is 0. The number of likely N-dealkylation sites (N-methyl/N-ethyl adjacent to an activating group) is 1. The summed E-state index contributed by atoms with van der Waals surface area (Å²) in [4.78, 5) is 26.5. The minimum atomic E-state index is -0.545.